The molecule has 1 aliphatic rings. The molecule has 1 fully saturated rings. The fourth-order valence-electron chi connectivity index (χ4n) is 3.84. The standard InChI is InChI=1S/C22H20F2N2O/c23-19-11-4-12-20(24)21(19)25-22(27)26-13-5-9-17(26)14-16-8-3-7-15-6-1-2-10-18(15)16/h1-4,6-8,10-12,17H,5,9,13-14H2,(H,25,27)/t17-/m1/s1. The third kappa shape index (κ3) is 3.50. The van der Waals surface area contributed by atoms with Gasteiger partial charge in [0, 0.05) is 12.6 Å². The molecule has 0 bridgehead atoms. The van der Waals surface area contributed by atoms with Crippen LogP contribution in [0.5, 0.6) is 0 Å². The highest BCUT2D eigenvalue weighted by Crippen LogP contribution is 2.27. The lowest BCUT2D eigenvalue weighted by Crippen LogP contribution is -2.40. The van der Waals surface area contributed by atoms with Gasteiger partial charge in [0.25, 0.3) is 0 Å². The quantitative estimate of drug-likeness (QED) is 0.665. The molecule has 0 radical (unpaired) electrons. The first-order valence-corrected chi connectivity index (χ1v) is 9.12. The number of carbonyl (C=O) groups is 1. The molecular formula is C22H20F2N2O. The Balaban J connectivity index is 1.54. The molecule has 0 aliphatic carbocycles. The SMILES string of the molecule is O=C(Nc1c(F)cccc1F)N1CCC[C@@H]1Cc1cccc2ccccc12. The molecule has 27 heavy (non-hydrogen) atoms. The van der Waals surface area contributed by atoms with E-state index in [1.54, 1.807) is 4.90 Å². The number of benzene rings is 3. The van der Waals surface area contributed by atoms with E-state index in [0.717, 1.165) is 30.4 Å². The van der Waals surface area contributed by atoms with Gasteiger partial charge in [0.15, 0.2) is 0 Å². The van der Waals surface area contributed by atoms with Crippen LogP contribution in [0.3, 0.4) is 0 Å². The zero-order valence-corrected chi connectivity index (χ0v) is 14.8. The molecule has 0 aromatic heterocycles. The van der Waals surface area contributed by atoms with Crippen LogP contribution in [0.4, 0.5) is 19.3 Å². The minimum atomic E-state index is -0.770. The Morgan fingerprint density at radius 3 is 2.52 bits per heavy atom. The molecule has 4 rings (SSSR count). The normalized spacial score (nSPS) is 16.7. The van der Waals surface area contributed by atoms with Crippen LogP contribution >= 0.6 is 0 Å². The second-order valence-corrected chi connectivity index (χ2v) is 6.86. The average Bonchev–Trinajstić information content (AvgIpc) is 3.13. The third-order valence-electron chi connectivity index (χ3n) is 5.17. The topological polar surface area (TPSA) is 32.3 Å². The highest BCUT2D eigenvalue weighted by molar-refractivity contribution is 5.90. The Hall–Kier alpha value is -2.95. The number of para-hydroxylation sites is 1. The summed E-state index contributed by atoms with van der Waals surface area (Å²) in [5.74, 6) is -1.54. The Morgan fingerprint density at radius 1 is 1.00 bits per heavy atom. The fraction of sp³-hybridized carbons (Fsp3) is 0.227. The monoisotopic (exact) mass is 366 g/mol. The van der Waals surface area contributed by atoms with E-state index in [1.807, 2.05) is 18.2 Å². The number of carbonyl (C=O) groups excluding carboxylic acids is 1. The first-order chi connectivity index (χ1) is 13.1. The van der Waals surface area contributed by atoms with Crippen LogP contribution in [0, 0.1) is 11.6 Å². The van der Waals surface area contributed by atoms with Gasteiger partial charge >= 0.3 is 6.03 Å². The molecular weight excluding hydrogens is 346 g/mol. The highest BCUT2D eigenvalue weighted by atomic mass is 19.1. The molecule has 3 aromatic rings. The van der Waals surface area contributed by atoms with Crippen LogP contribution in [0.15, 0.2) is 60.7 Å². The van der Waals surface area contributed by atoms with E-state index >= 15 is 0 Å². The summed E-state index contributed by atoms with van der Waals surface area (Å²) in [6.07, 6.45) is 2.47. The van der Waals surface area contributed by atoms with Gasteiger partial charge in [-0.05, 0) is 47.7 Å². The predicted molar refractivity (Wildman–Crippen MR) is 103 cm³/mol. The van der Waals surface area contributed by atoms with E-state index in [-0.39, 0.29) is 6.04 Å². The first-order valence-electron chi connectivity index (χ1n) is 9.12. The number of amides is 2. The minimum absolute atomic E-state index is 0.00522. The number of hydrogen-bond donors (Lipinski definition) is 1. The van der Waals surface area contributed by atoms with Crippen molar-refractivity contribution >= 4 is 22.5 Å². The molecule has 1 heterocycles. The lowest BCUT2D eigenvalue weighted by molar-refractivity contribution is 0.206. The number of fused-ring (bicyclic) bond motifs is 1. The summed E-state index contributed by atoms with van der Waals surface area (Å²) in [7, 11) is 0. The molecule has 1 N–H and O–H groups in total. The summed E-state index contributed by atoms with van der Waals surface area (Å²) in [4.78, 5) is 14.4. The van der Waals surface area contributed by atoms with Gasteiger partial charge in [-0.15, -0.1) is 0 Å². The van der Waals surface area contributed by atoms with Crippen molar-refractivity contribution in [1.29, 1.82) is 0 Å². The molecule has 3 aromatic carbocycles. The Morgan fingerprint density at radius 2 is 1.70 bits per heavy atom. The first kappa shape index (κ1) is 17.5. The maximum absolute atomic E-state index is 13.8. The van der Waals surface area contributed by atoms with Crippen LogP contribution in [0.25, 0.3) is 10.8 Å². The summed E-state index contributed by atoms with van der Waals surface area (Å²) in [6.45, 7) is 0.581. The smallest absolute Gasteiger partial charge is 0.321 e. The second-order valence-electron chi connectivity index (χ2n) is 6.86. The number of anilines is 1. The maximum atomic E-state index is 13.8. The van der Waals surface area contributed by atoms with E-state index in [4.69, 9.17) is 0 Å². The van der Waals surface area contributed by atoms with Crippen molar-refractivity contribution in [3.05, 3.63) is 77.9 Å². The number of rotatable bonds is 3. The average molecular weight is 366 g/mol. The summed E-state index contributed by atoms with van der Waals surface area (Å²) in [6, 6.07) is 17.4. The van der Waals surface area contributed by atoms with Crippen molar-refractivity contribution < 1.29 is 13.6 Å². The minimum Gasteiger partial charge on any atom is -0.321 e. The number of hydrogen-bond acceptors (Lipinski definition) is 1. The van der Waals surface area contributed by atoms with Crippen molar-refractivity contribution in [3.63, 3.8) is 0 Å². The molecule has 2 amide bonds. The number of nitrogens with zero attached hydrogens (tertiary/aromatic N) is 1. The lowest BCUT2D eigenvalue weighted by atomic mass is 9.98. The Kier molecular flexibility index (Phi) is 4.75. The molecule has 5 heteroatoms. The molecule has 1 saturated heterocycles. The molecule has 1 aliphatic heterocycles. The van der Waals surface area contributed by atoms with Crippen LogP contribution in [0.1, 0.15) is 18.4 Å². The zero-order valence-electron chi connectivity index (χ0n) is 14.8. The van der Waals surface area contributed by atoms with Crippen molar-refractivity contribution in [1.82, 2.24) is 4.90 Å². The van der Waals surface area contributed by atoms with Crippen LogP contribution in [-0.2, 0) is 6.42 Å². The number of urea groups is 1. The summed E-state index contributed by atoms with van der Waals surface area (Å²) in [5.41, 5.74) is 0.785. The number of halogens is 2. The van der Waals surface area contributed by atoms with Gasteiger partial charge in [-0.3, -0.25) is 0 Å². The van der Waals surface area contributed by atoms with E-state index in [2.05, 4.69) is 29.6 Å². The Labute approximate surface area is 156 Å². The number of likely N-dealkylation sites (tertiary alicyclic amines) is 1. The van der Waals surface area contributed by atoms with Gasteiger partial charge < -0.3 is 10.2 Å². The molecule has 3 nitrogen and oxygen atoms in total. The van der Waals surface area contributed by atoms with Gasteiger partial charge in [0.1, 0.15) is 17.3 Å². The predicted octanol–water partition coefficient (Wildman–Crippen LogP) is 5.36. The summed E-state index contributed by atoms with van der Waals surface area (Å²) >= 11 is 0. The molecule has 0 saturated carbocycles. The van der Waals surface area contributed by atoms with Crippen LogP contribution < -0.4 is 5.32 Å². The largest absolute Gasteiger partial charge is 0.322 e. The third-order valence-corrected chi connectivity index (χ3v) is 5.17. The van der Waals surface area contributed by atoms with E-state index in [0.29, 0.717) is 13.0 Å². The van der Waals surface area contributed by atoms with Crippen LogP contribution in [0.2, 0.25) is 0 Å². The van der Waals surface area contributed by atoms with E-state index in [9.17, 15) is 13.6 Å². The van der Waals surface area contributed by atoms with Crippen molar-refractivity contribution in [2.45, 2.75) is 25.3 Å². The van der Waals surface area contributed by atoms with Gasteiger partial charge in [0.2, 0.25) is 0 Å². The van der Waals surface area contributed by atoms with Crippen molar-refractivity contribution in [3.8, 4) is 0 Å². The van der Waals surface area contributed by atoms with Gasteiger partial charge in [0.05, 0.1) is 0 Å². The molecule has 138 valence electrons. The highest BCUT2D eigenvalue weighted by Gasteiger charge is 2.30. The van der Waals surface area contributed by atoms with E-state index < -0.39 is 23.4 Å². The second kappa shape index (κ2) is 7.35. The van der Waals surface area contributed by atoms with Crippen molar-refractivity contribution in [2.75, 3.05) is 11.9 Å². The summed E-state index contributed by atoms with van der Waals surface area (Å²) in [5, 5.41) is 4.75. The molecule has 0 spiro atoms. The lowest BCUT2D eigenvalue weighted by Gasteiger charge is -2.25. The zero-order chi connectivity index (χ0) is 18.8. The Bertz CT molecular complexity index is 963. The fourth-order valence-corrected chi connectivity index (χ4v) is 3.84. The van der Waals surface area contributed by atoms with Crippen molar-refractivity contribution in [2.24, 2.45) is 0 Å². The number of nitrogens with one attached hydrogen (secondary N) is 1. The summed E-state index contributed by atoms with van der Waals surface area (Å²) < 4.78 is 27.7. The molecule has 1 atom stereocenters. The van der Waals surface area contributed by atoms with Gasteiger partial charge in [-0.2, -0.15) is 0 Å². The van der Waals surface area contributed by atoms with Crippen LogP contribution in [-0.4, -0.2) is 23.5 Å². The van der Waals surface area contributed by atoms with Gasteiger partial charge in [-0.1, -0.05) is 48.5 Å². The van der Waals surface area contributed by atoms with E-state index in [1.165, 1.54) is 17.0 Å². The van der Waals surface area contributed by atoms with Gasteiger partial charge in [-0.25, -0.2) is 13.6 Å². The maximum Gasteiger partial charge on any atom is 0.322 e. The molecule has 0 unspecified atom stereocenters.